The zero-order valence-electron chi connectivity index (χ0n) is 14.6. The first-order chi connectivity index (χ1) is 13.2. The number of rotatable bonds is 5. The number of carbonyl (C=O) groups excluding carboxylic acids is 2. The van der Waals surface area contributed by atoms with Crippen LogP contribution in [0.1, 0.15) is 28.3 Å². The number of furan rings is 1. The largest absolute Gasteiger partial charge is 0.467 e. The number of hydrogen-bond donors (Lipinski definition) is 1. The Morgan fingerprint density at radius 2 is 2.11 bits per heavy atom. The Labute approximate surface area is 164 Å². The van der Waals surface area contributed by atoms with Gasteiger partial charge in [0.2, 0.25) is 5.91 Å². The van der Waals surface area contributed by atoms with E-state index in [4.69, 9.17) is 4.42 Å². The Bertz CT molecular complexity index is 895. The predicted octanol–water partition coefficient (Wildman–Crippen LogP) is 3.63. The van der Waals surface area contributed by atoms with Crippen LogP contribution in [-0.2, 0) is 11.3 Å². The maximum absolute atomic E-state index is 12.7. The Balaban J connectivity index is 1.29. The predicted molar refractivity (Wildman–Crippen MR) is 105 cm³/mol. The molecular weight excluding hydrogens is 382 g/mol. The van der Waals surface area contributed by atoms with Gasteiger partial charge in [0.05, 0.1) is 23.9 Å². The smallest absolute Gasteiger partial charge is 0.265 e. The number of thiazole rings is 1. The van der Waals surface area contributed by atoms with E-state index in [1.807, 2.05) is 28.5 Å². The topological polar surface area (TPSA) is 75.4 Å². The van der Waals surface area contributed by atoms with Crippen molar-refractivity contribution >= 4 is 34.5 Å². The van der Waals surface area contributed by atoms with E-state index in [2.05, 4.69) is 10.3 Å². The fourth-order valence-corrected chi connectivity index (χ4v) is 4.81. The molecular formula is C19H19N3O3S2. The summed E-state index contributed by atoms with van der Waals surface area (Å²) in [6.45, 7) is 1.57. The fraction of sp³-hybridized carbons (Fsp3) is 0.316. The summed E-state index contributed by atoms with van der Waals surface area (Å²) in [4.78, 5) is 33.0. The average molecular weight is 402 g/mol. The lowest BCUT2D eigenvalue weighted by Crippen LogP contribution is -2.42. The van der Waals surface area contributed by atoms with E-state index in [1.165, 1.54) is 11.3 Å². The van der Waals surface area contributed by atoms with Crippen LogP contribution in [0.4, 0.5) is 0 Å². The van der Waals surface area contributed by atoms with E-state index in [9.17, 15) is 9.59 Å². The van der Waals surface area contributed by atoms with Crippen LogP contribution in [0.15, 0.2) is 46.5 Å². The molecule has 0 radical (unpaired) electrons. The van der Waals surface area contributed by atoms with E-state index in [1.54, 1.807) is 29.9 Å². The quantitative estimate of drug-likeness (QED) is 0.708. The summed E-state index contributed by atoms with van der Waals surface area (Å²) < 4.78 is 5.23. The van der Waals surface area contributed by atoms with Crippen molar-refractivity contribution in [2.24, 2.45) is 5.92 Å². The SMILES string of the molecule is O=C(NCc1ccco1)C1CCN(C(=O)c2cnc(-c3cccs3)s2)CC1. The van der Waals surface area contributed by atoms with Crippen molar-refractivity contribution in [3.05, 3.63) is 52.7 Å². The van der Waals surface area contributed by atoms with Crippen LogP contribution < -0.4 is 5.32 Å². The Morgan fingerprint density at radius 3 is 2.81 bits per heavy atom. The van der Waals surface area contributed by atoms with Gasteiger partial charge < -0.3 is 14.6 Å². The van der Waals surface area contributed by atoms with Crippen LogP contribution in [0.3, 0.4) is 0 Å². The van der Waals surface area contributed by atoms with Crippen molar-refractivity contribution in [1.29, 1.82) is 0 Å². The Morgan fingerprint density at radius 1 is 1.26 bits per heavy atom. The van der Waals surface area contributed by atoms with Gasteiger partial charge in [-0.2, -0.15) is 0 Å². The van der Waals surface area contributed by atoms with E-state index < -0.39 is 0 Å². The third-order valence-corrected chi connectivity index (χ3v) is 6.64. The summed E-state index contributed by atoms with van der Waals surface area (Å²) >= 11 is 3.04. The summed E-state index contributed by atoms with van der Waals surface area (Å²) in [5.74, 6) is 0.705. The number of nitrogens with one attached hydrogen (secondary N) is 1. The van der Waals surface area contributed by atoms with Gasteiger partial charge in [0.1, 0.15) is 15.6 Å². The highest BCUT2D eigenvalue weighted by molar-refractivity contribution is 7.21. The number of aromatic nitrogens is 1. The summed E-state index contributed by atoms with van der Waals surface area (Å²) in [5.41, 5.74) is 0. The van der Waals surface area contributed by atoms with Gasteiger partial charge in [-0.3, -0.25) is 9.59 Å². The highest BCUT2D eigenvalue weighted by Crippen LogP contribution is 2.30. The summed E-state index contributed by atoms with van der Waals surface area (Å²) in [6.07, 6.45) is 4.59. The van der Waals surface area contributed by atoms with Gasteiger partial charge >= 0.3 is 0 Å². The molecule has 0 atom stereocenters. The van der Waals surface area contributed by atoms with Gasteiger partial charge in [0.15, 0.2) is 0 Å². The second-order valence-corrected chi connectivity index (χ2v) is 8.35. The van der Waals surface area contributed by atoms with Gasteiger partial charge in [-0.1, -0.05) is 6.07 Å². The Hall–Kier alpha value is -2.45. The lowest BCUT2D eigenvalue weighted by atomic mass is 9.96. The molecule has 4 heterocycles. The minimum Gasteiger partial charge on any atom is -0.467 e. The third kappa shape index (κ3) is 4.12. The van der Waals surface area contributed by atoms with E-state index >= 15 is 0 Å². The van der Waals surface area contributed by atoms with Crippen molar-refractivity contribution in [3.63, 3.8) is 0 Å². The minimum atomic E-state index is -0.0628. The number of piperidine rings is 1. The molecule has 0 bridgehead atoms. The van der Waals surface area contributed by atoms with Gasteiger partial charge in [-0.05, 0) is 36.4 Å². The van der Waals surface area contributed by atoms with Crippen molar-refractivity contribution < 1.29 is 14.0 Å². The highest BCUT2D eigenvalue weighted by Gasteiger charge is 2.28. The molecule has 3 aromatic heterocycles. The lowest BCUT2D eigenvalue weighted by molar-refractivity contribution is -0.126. The first-order valence-corrected chi connectivity index (χ1v) is 10.5. The van der Waals surface area contributed by atoms with Crippen molar-refractivity contribution in [3.8, 4) is 9.88 Å². The monoisotopic (exact) mass is 401 g/mol. The first-order valence-electron chi connectivity index (χ1n) is 8.80. The van der Waals surface area contributed by atoms with Gasteiger partial charge in [0, 0.05) is 19.0 Å². The number of likely N-dealkylation sites (tertiary alicyclic amines) is 1. The number of hydrogen-bond acceptors (Lipinski definition) is 6. The molecule has 1 aliphatic rings. The second-order valence-electron chi connectivity index (χ2n) is 6.37. The van der Waals surface area contributed by atoms with Crippen LogP contribution in [-0.4, -0.2) is 34.8 Å². The van der Waals surface area contributed by atoms with Crippen LogP contribution >= 0.6 is 22.7 Å². The molecule has 0 aromatic carbocycles. The zero-order valence-corrected chi connectivity index (χ0v) is 16.2. The highest BCUT2D eigenvalue weighted by atomic mass is 32.1. The van der Waals surface area contributed by atoms with Crippen molar-refractivity contribution in [2.75, 3.05) is 13.1 Å². The van der Waals surface area contributed by atoms with Crippen molar-refractivity contribution in [1.82, 2.24) is 15.2 Å². The molecule has 6 nitrogen and oxygen atoms in total. The average Bonchev–Trinajstić information content (AvgIpc) is 3.47. The summed E-state index contributed by atoms with van der Waals surface area (Å²) in [7, 11) is 0. The molecule has 27 heavy (non-hydrogen) atoms. The maximum atomic E-state index is 12.7. The normalized spacial score (nSPS) is 15.0. The van der Waals surface area contributed by atoms with E-state index in [0.29, 0.717) is 37.4 Å². The molecule has 0 spiro atoms. The molecule has 1 N–H and O–H groups in total. The van der Waals surface area contributed by atoms with Gasteiger partial charge in [0.25, 0.3) is 5.91 Å². The van der Waals surface area contributed by atoms with Gasteiger partial charge in [-0.15, -0.1) is 22.7 Å². The molecule has 0 unspecified atom stereocenters. The number of nitrogens with zero attached hydrogens (tertiary/aromatic N) is 2. The molecule has 2 amide bonds. The number of thiophene rings is 1. The van der Waals surface area contributed by atoms with Gasteiger partial charge in [-0.25, -0.2) is 4.98 Å². The standard InChI is InChI=1S/C19H19N3O3S2/c23-17(20-11-14-3-1-9-25-14)13-5-7-22(8-6-13)19(24)16-12-21-18(27-16)15-4-2-10-26-15/h1-4,9-10,12-13H,5-8,11H2,(H,20,23). The molecule has 140 valence electrons. The van der Waals surface area contributed by atoms with Crippen LogP contribution in [0.5, 0.6) is 0 Å². The number of amides is 2. The van der Waals surface area contributed by atoms with E-state index in [0.717, 1.165) is 15.6 Å². The lowest BCUT2D eigenvalue weighted by Gasteiger charge is -2.30. The molecule has 0 aliphatic carbocycles. The van der Waals surface area contributed by atoms with Crippen LogP contribution in [0.25, 0.3) is 9.88 Å². The first kappa shape index (κ1) is 17.9. The molecule has 4 rings (SSSR count). The molecule has 1 saturated heterocycles. The molecule has 1 fully saturated rings. The third-order valence-electron chi connectivity index (χ3n) is 4.62. The van der Waals surface area contributed by atoms with Crippen LogP contribution in [0.2, 0.25) is 0 Å². The molecule has 1 aliphatic heterocycles. The molecule has 3 aromatic rings. The van der Waals surface area contributed by atoms with Crippen LogP contribution in [0, 0.1) is 5.92 Å². The maximum Gasteiger partial charge on any atom is 0.265 e. The fourth-order valence-electron chi connectivity index (χ4n) is 3.12. The molecule has 8 heteroatoms. The zero-order chi connectivity index (χ0) is 18.6. The van der Waals surface area contributed by atoms with Crippen molar-refractivity contribution in [2.45, 2.75) is 19.4 Å². The van der Waals surface area contributed by atoms with E-state index in [-0.39, 0.29) is 17.7 Å². The second kappa shape index (κ2) is 8.06. The minimum absolute atomic E-state index is 0.00440. The summed E-state index contributed by atoms with van der Waals surface area (Å²) in [6, 6.07) is 7.62. The number of carbonyl (C=O) groups is 2. The molecule has 0 saturated carbocycles. The Kier molecular flexibility index (Phi) is 5.35. The summed E-state index contributed by atoms with van der Waals surface area (Å²) in [5, 5.41) is 5.78.